The Morgan fingerprint density at radius 2 is 2.16 bits per heavy atom. The van der Waals surface area contributed by atoms with Crippen LogP contribution in [-0.2, 0) is 11.2 Å². The number of aryl methyl sites for hydroxylation is 1. The second-order valence-electron chi connectivity index (χ2n) is 5.59. The highest BCUT2D eigenvalue weighted by atomic mass is 16.5. The molecule has 2 rings (SSSR count). The van der Waals surface area contributed by atoms with E-state index in [1.165, 1.54) is 0 Å². The predicted octanol–water partition coefficient (Wildman–Crippen LogP) is 2.96. The first-order chi connectivity index (χ1) is 8.82. The average molecular weight is 264 g/mol. The van der Waals surface area contributed by atoms with Crippen molar-refractivity contribution in [3.05, 3.63) is 22.8 Å². The molecular weight excluding hydrogens is 244 g/mol. The molecule has 0 fully saturated rings. The number of fused-ring (bicyclic) bond motifs is 1. The van der Waals surface area contributed by atoms with Crippen LogP contribution in [0.5, 0.6) is 11.5 Å². The third kappa shape index (κ3) is 2.67. The molecular formula is C15H20O4. The third-order valence-electron chi connectivity index (χ3n) is 3.94. The molecule has 0 amide bonds. The van der Waals surface area contributed by atoms with Crippen LogP contribution in [0, 0.1) is 13.8 Å². The fourth-order valence-corrected chi connectivity index (χ4v) is 2.62. The number of hydrogen-bond donors (Lipinski definition) is 2. The molecule has 0 radical (unpaired) electrons. The number of phenolic OH excluding ortho intramolecular Hbond substituents is 1. The van der Waals surface area contributed by atoms with E-state index in [1.807, 2.05) is 20.8 Å². The molecule has 1 atom stereocenters. The number of carboxylic acid groups (broad SMARTS) is 1. The molecule has 1 aromatic carbocycles. The zero-order chi connectivity index (χ0) is 14.2. The Bertz CT molecular complexity index is 521. The van der Waals surface area contributed by atoms with Gasteiger partial charge in [-0.1, -0.05) is 0 Å². The zero-order valence-electron chi connectivity index (χ0n) is 11.6. The number of carboxylic acids is 1. The molecule has 2 N–H and O–H groups in total. The number of phenols is 1. The van der Waals surface area contributed by atoms with E-state index in [2.05, 4.69) is 0 Å². The van der Waals surface area contributed by atoms with Crippen LogP contribution in [0.15, 0.2) is 6.07 Å². The molecule has 0 unspecified atom stereocenters. The zero-order valence-corrected chi connectivity index (χ0v) is 11.6. The van der Waals surface area contributed by atoms with Crippen molar-refractivity contribution < 1.29 is 19.7 Å². The summed E-state index contributed by atoms with van der Waals surface area (Å²) in [6.07, 6.45) is 2.20. The topological polar surface area (TPSA) is 66.8 Å². The van der Waals surface area contributed by atoms with E-state index in [1.54, 1.807) is 6.07 Å². The van der Waals surface area contributed by atoms with Crippen LogP contribution in [0.25, 0.3) is 0 Å². The van der Waals surface area contributed by atoms with Crippen molar-refractivity contribution in [2.75, 3.05) is 0 Å². The number of ether oxygens (including phenoxy) is 1. The second-order valence-corrected chi connectivity index (χ2v) is 5.59. The highest BCUT2D eigenvalue weighted by molar-refractivity contribution is 5.66. The van der Waals surface area contributed by atoms with E-state index in [-0.39, 0.29) is 6.42 Å². The van der Waals surface area contributed by atoms with Gasteiger partial charge in [0.25, 0.3) is 0 Å². The first kappa shape index (κ1) is 13.7. The van der Waals surface area contributed by atoms with Crippen LogP contribution in [-0.4, -0.2) is 21.8 Å². The van der Waals surface area contributed by atoms with Crippen LogP contribution in [0.4, 0.5) is 0 Å². The van der Waals surface area contributed by atoms with Crippen LogP contribution < -0.4 is 4.74 Å². The standard InChI is InChI=1S/C15H20O4/c1-9-8-12(16)10(2)11-4-6-15(3,19-14(9)11)7-5-13(17)18/h8,16H,4-7H2,1-3H3,(H,17,18)/t15-/m0/s1. The average Bonchev–Trinajstić information content (AvgIpc) is 2.34. The van der Waals surface area contributed by atoms with Gasteiger partial charge in [-0.2, -0.15) is 0 Å². The van der Waals surface area contributed by atoms with Gasteiger partial charge in [0.15, 0.2) is 0 Å². The van der Waals surface area contributed by atoms with Crippen molar-refractivity contribution in [3.8, 4) is 11.5 Å². The van der Waals surface area contributed by atoms with E-state index >= 15 is 0 Å². The largest absolute Gasteiger partial charge is 0.508 e. The lowest BCUT2D eigenvalue weighted by atomic mass is 9.86. The molecule has 1 aromatic rings. The number of rotatable bonds is 3. The predicted molar refractivity (Wildman–Crippen MR) is 71.8 cm³/mol. The van der Waals surface area contributed by atoms with Gasteiger partial charge in [-0.05, 0) is 57.2 Å². The van der Waals surface area contributed by atoms with Gasteiger partial charge in [0.1, 0.15) is 17.1 Å². The molecule has 0 saturated heterocycles. The summed E-state index contributed by atoms with van der Waals surface area (Å²) in [6.45, 7) is 5.75. The summed E-state index contributed by atoms with van der Waals surface area (Å²) < 4.78 is 6.06. The van der Waals surface area contributed by atoms with Gasteiger partial charge >= 0.3 is 5.97 Å². The molecule has 1 aliphatic rings. The van der Waals surface area contributed by atoms with Crippen molar-refractivity contribution in [1.82, 2.24) is 0 Å². The summed E-state index contributed by atoms with van der Waals surface area (Å²) in [4.78, 5) is 10.7. The van der Waals surface area contributed by atoms with Crippen LogP contribution in [0.1, 0.15) is 42.9 Å². The minimum atomic E-state index is -0.797. The third-order valence-corrected chi connectivity index (χ3v) is 3.94. The van der Waals surface area contributed by atoms with E-state index in [9.17, 15) is 9.90 Å². The SMILES string of the molecule is Cc1cc(O)c(C)c2c1O[C@](C)(CCC(=O)O)CC2. The summed E-state index contributed by atoms with van der Waals surface area (Å²) in [5.74, 6) is 0.317. The molecule has 0 spiro atoms. The first-order valence-corrected chi connectivity index (χ1v) is 6.55. The summed E-state index contributed by atoms with van der Waals surface area (Å²) in [6, 6.07) is 1.71. The normalized spacial score (nSPS) is 21.6. The molecule has 0 saturated carbocycles. The Morgan fingerprint density at radius 1 is 1.47 bits per heavy atom. The maximum atomic E-state index is 10.7. The van der Waals surface area contributed by atoms with Gasteiger partial charge in [0, 0.05) is 12.0 Å². The van der Waals surface area contributed by atoms with E-state index in [0.29, 0.717) is 12.2 Å². The van der Waals surface area contributed by atoms with E-state index in [4.69, 9.17) is 9.84 Å². The van der Waals surface area contributed by atoms with Crippen LogP contribution in [0.3, 0.4) is 0 Å². The maximum absolute atomic E-state index is 10.7. The van der Waals surface area contributed by atoms with Crippen molar-refractivity contribution >= 4 is 5.97 Å². The summed E-state index contributed by atoms with van der Waals surface area (Å²) in [5.41, 5.74) is 2.38. The smallest absolute Gasteiger partial charge is 0.303 e. The number of benzene rings is 1. The minimum Gasteiger partial charge on any atom is -0.508 e. The number of aromatic hydroxyl groups is 1. The Balaban J connectivity index is 2.29. The summed E-state index contributed by atoms with van der Waals surface area (Å²) in [7, 11) is 0. The number of carbonyl (C=O) groups is 1. The van der Waals surface area contributed by atoms with E-state index < -0.39 is 11.6 Å². The Morgan fingerprint density at radius 3 is 2.79 bits per heavy atom. The van der Waals surface area contributed by atoms with Gasteiger partial charge in [0.2, 0.25) is 0 Å². The molecule has 1 aliphatic heterocycles. The molecule has 0 bridgehead atoms. The fraction of sp³-hybridized carbons (Fsp3) is 0.533. The highest BCUT2D eigenvalue weighted by Crippen LogP contribution is 2.42. The van der Waals surface area contributed by atoms with Crippen molar-refractivity contribution in [1.29, 1.82) is 0 Å². The quantitative estimate of drug-likeness (QED) is 0.880. The monoisotopic (exact) mass is 264 g/mol. The molecule has 1 heterocycles. The molecule has 4 nitrogen and oxygen atoms in total. The molecule has 0 aromatic heterocycles. The molecule has 19 heavy (non-hydrogen) atoms. The molecule has 0 aliphatic carbocycles. The summed E-state index contributed by atoms with van der Waals surface area (Å²) in [5, 5.41) is 18.6. The lowest BCUT2D eigenvalue weighted by molar-refractivity contribution is -0.138. The Labute approximate surface area is 113 Å². The van der Waals surface area contributed by atoms with Crippen LogP contribution in [0.2, 0.25) is 0 Å². The highest BCUT2D eigenvalue weighted by Gasteiger charge is 2.33. The number of aliphatic carboxylic acids is 1. The minimum absolute atomic E-state index is 0.113. The van der Waals surface area contributed by atoms with Crippen LogP contribution >= 0.6 is 0 Å². The van der Waals surface area contributed by atoms with Gasteiger partial charge < -0.3 is 14.9 Å². The summed E-state index contributed by atoms with van der Waals surface area (Å²) >= 11 is 0. The van der Waals surface area contributed by atoms with Gasteiger partial charge in [-0.25, -0.2) is 0 Å². The molecule has 104 valence electrons. The van der Waals surface area contributed by atoms with E-state index in [0.717, 1.165) is 35.3 Å². The van der Waals surface area contributed by atoms with Gasteiger partial charge in [0.05, 0.1) is 0 Å². The lowest BCUT2D eigenvalue weighted by Crippen LogP contribution is -2.37. The second kappa shape index (κ2) is 4.76. The lowest BCUT2D eigenvalue weighted by Gasteiger charge is -2.37. The van der Waals surface area contributed by atoms with Gasteiger partial charge in [-0.3, -0.25) is 4.79 Å². The first-order valence-electron chi connectivity index (χ1n) is 6.55. The number of hydrogen-bond acceptors (Lipinski definition) is 3. The van der Waals surface area contributed by atoms with Crippen molar-refractivity contribution in [2.24, 2.45) is 0 Å². The Kier molecular flexibility index (Phi) is 3.43. The maximum Gasteiger partial charge on any atom is 0.303 e. The van der Waals surface area contributed by atoms with Crippen molar-refractivity contribution in [3.63, 3.8) is 0 Å². The fourth-order valence-electron chi connectivity index (χ4n) is 2.62. The van der Waals surface area contributed by atoms with Gasteiger partial charge in [-0.15, -0.1) is 0 Å². The van der Waals surface area contributed by atoms with Crippen molar-refractivity contribution in [2.45, 2.75) is 52.1 Å². The Hall–Kier alpha value is -1.71. The molecule has 4 heteroatoms.